The number of aliphatic imine (C=N–C) groups is 1. The number of hydrogen-bond donors (Lipinski definition) is 2. The number of guanidine groups is 1. The molecule has 2 rings (SSSR count). The molecule has 2 N–H and O–H groups in total. The minimum atomic E-state index is -3.52. The minimum absolute atomic E-state index is 0. The van der Waals surface area contributed by atoms with Gasteiger partial charge in [-0.3, -0.25) is 14.9 Å². The Hall–Kier alpha value is -0.980. The molecule has 154 valence electrons. The highest BCUT2D eigenvalue weighted by Gasteiger charge is 2.27. The second-order valence-electron chi connectivity index (χ2n) is 6.17. The fourth-order valence-corrected chi connectivity index (χ4v) is 4.25. The SMILES string of the molecule is CCN(CC)C1CCN(C(=NC)NCCNS(=O)(=O)c2cccnc2)C1.I. The van der Waals surface area contributed by atoms with Crippen LogP contribution in [0.2, 0.25) is 0 Å². The van der Waals surface area contributed by atoms with Gasteiger partial charge in [-0.05, 0) is 31.6 Å². The average molecular weight is 510 g/mol. The Morgan fingerprint density at radius 1 is 1.37 bits per heavy atom. The summed E-state index contributed by atoms with van der Waals surface area (Å²) in [7, 11) is -1.77. The van der Waals surface area contributed by atoms with Gasteiger partial charge in [-0.15, -0.1) is 24.0 Å². The van der Waals surface area contributed by atoms with Gasteiger partial charge in [0, 0.05) is 51.7 Å². The van der Waals surface area contributed by atoms with Crippen LogP contribution in [0.4, 0.5) is 0 Å². The Morgan fingerprint density at radius 2 is 2.11 bits per heavy atom. The molecule has 1 aliphatic rings. The van der Waals surface area contributed by atoms with Crippen molar-refractivity contribution in [3.05, 3.63) is 24.5 Å². The van der Waals surface area contributed by atoms with Gasteiger partial charge >= 0.3 is 0 Å². The molecule has 0 radical (unpaired) electrons. The summed E-state index contributed by atoms with van der Waals surface area (Å²) in [5.74, 6) is 0.820. The van der Waals surface area contributed by atoms with E-state index in [-0.39, 0.29) is 35.4 Å². The van der Waals surface area contributed by atoms with E-state index in [1.165, 1.54) is 12.3 Å². The van der Waals surface area contributed by atoms with Crippen molar-refractivity contribution in [2.45, 2.75) is 31.2 Å². The molecule has 1 aromatic rings. The average Bonchev–Trinajstić information content (AvgIpc) is 3.13. The van der Waals surface area contributed by atoms with Crippen LogP contribution in [-0.2, 0) is 10.0 Å². The van der Waals surface area contributed by atoms with Crippen LogP contribution >= 0.6 is 24.0 Å². The van der Waals surface area contributed by atoms with Gasteiger partial charge in [0.05, 0.1) is 0 Å². The lowest BCUT2D eigenvalue weighted by Gasteiger charge is -2.27. The second kappa shape index (κ2) is 11.8. The van der Waals surface area contributed by atoms with Crippen LogP contribution in [0.1, 0.15) is 20.3 Å². The summed E-state index contributed by atoms with van der Waals surface area (Å²) in [5.41, 5.74) is 0. The molecule has 1 fully saturated rings. The monoisotopic (exact) mass is 510 g/mol. The third-order valence-corrected chi connectivity index (χ3v) is 6.09. The van der Waals surface area contributed by atoms with Gasteiger partial charge in [0.15, 0.2) is 5.96 Å². The Bertz CT molecular complexity index is 682. The van der Waals surface area contributed by atoms with Crippen molar-refractivity contribution < 1.29 is 8.42 Å². The molecule has 27 heavy (non-hydrogen) atoms. The van der Waals surface area contributed by atoms with E-state index in [4.69, 9.17) is 0 Å². The van der Waals surface area contributed by atoms with E-state index in [9.17, 15) is 8.42 Å². The first-order valence-electron chi connectivity index (χ1n) is 9.11. The van der Waals surface area contributed by atoms with Crippen LogP contribution in [0.15, 0.2) is 34.4 Å². The van der Waals surface area contributed by atoms with Crippen molar-refractivity contribution in [1.29, 1.82) is 0 Å². The van der Waals surface area contributed by atoms with Crippen molar-refractivity contribution in [3.8, 4) is 0 Å². The van der Waals surface area contributed by atoms with Gasteiger partial charge in [0.25, 0.3) is 0 Å². The first-order valence-corrected chi connectivity index (χ1v) is 10.6. The van der Waals surface area contributed by atoms with Crippen molar-refractivity contribution in [2.24, 2.45) is 4.99 Å². The first kappa shape index (κ1) is 24.1. The number of hydrogen-bond acceptors (Lipinski definition) is 5. The highest BCUT2D eigenvalue weighted by molar-refractivity contribution is 14.0. The smallest absolute Gasteiger partial charge is 0.242 e. The summed E-state index contributed by atoms with van der Waals surface area (Å²) in [6.45, 7) is 9.14. The maximum Gasteiger partial charge on any atom is 0.242 e. The van der Waals surface area contributed by atoms with Crippen molar-refractivity contribution >= 4 is 40.0 Å². The van der Waals surface area contributed by atoms with Crippen LogP contribution in [0, 0.1) is 0 Å². The minimum Gasteiger partial charge on any atom is -0.355 e. The maximum atomic E-state index is 12.2. The molecule has 2 heterocycles. The standard InChI is InChI=1S/C17H30N6O2S.HI/c1-4-22(5-2)15-8-12-23(14-15)17(18-3)20-10-11-21-26(24,25)16-7-6-9-19-13-16;/h6-7,9,13,15,21H,4-5,8,10-12,14H2,1-3H3,(H,18,20);1H. The highest BCUT2D eigenvalue weighted by atomic mass is 127. The van der Waals surface area contributed by atoms with E-state index in [0.717, 1.165) is 38.6 Å². The predicted molar refractivity (Wildman–Crippen MR) is 119 cm³/mol. The van der Waals surface area contributed by atoms with Crippen LogP contribution in [-0.4, -0.2) is 81.5 Å². The summed E-state index contributed by atoms with van der Waals surface area (Å²) in [6.07, 6.45) is 4.01. The molecule has 1 saturated heterocycles. The number of sulfonamides is 1. The fourth-order valence-electron chi connectivity index (χ4n) is 3.25. The van der Waals surface area contributed by atoms with E-state index in [1.807, 2.05) is 0 Å². The van der Waals surface area contributed by atoms with Crippen LogP contribution in [0.3, 0.4) is 0 Å². The Kier molecular flexibility index (Phi) is 10.5. The van der Waals surface area contributed by atoms with E-state index >= 15 is 0 Å². The van der Waals surface area contributed by atoms with Crippen LogP contribution in [0.5, 0.6) is 0 Å². The molecule has 1 aliphatic heterocycles. The fraction of sp³-hybridized carbons (Fsp3) is 0.647. The van der Waals surface area contributed by atoms with Gasteiger partial charge in [0.2, 0.25) is 10.0 Å². The van der Waals surface area contributed by atoms with Gasteiger partial charge in [-0.25, -0.2) is 13.1 Å². The molecule has 10 heteroatoms. The number of likely N-dealkylation sites (N-methyl/N-ethyl adjacent to an activating group) is 1. The normalized spacial score (nSPS) is 17.9. The topological polar surface area (TPSA) is 89.9 Å². The molecule has 1 unspecified atom stereocenters. The van der Waals surface area contributed by atoms with Gasteiger partial charge in [-0.2, -0.15) is 0 Å². The number of halogens is 1. The van der Waals surface area contributed by atoms with E-state index in [2.05, 4.69) is 43.7 Å². The van der Waals surface area contributed by atoms with E-state index in [1.54, 1.807) is 19.3 Å². The summed E-state index contributed by atoms with van der Waals surface area (Å²) >= 11 is 0. The van der Waals surface area contributed by atoms with Crippen LogP contribution < -0.4 is 10.0 Å². The molecule has 0 bridgehead atoms. The number of aromatic nitrogens is 1. The third kappa shape index (κ3) is 6.84. The van der Waals surface area contributed by atoms with Crippen molar-refractivity contribution in [1.82, 2.24) is 24.8 Å². The van der Waals surface area contributed by atoms with E-state index in [0.29, 0.717) is 12.6 Å². The summed E-state index contributed by atoms with van der Waals surface area (Å²) in [5, 5.41) is 3.25. The molecular formula is C17H31IN6O2S. The molecule has 0 aliphatic carbocycles. The lowest BCUT2D eigenvalue weighted by molar-refractivity contribution is 0.223. The molecule has 1 aromatic heterocycles. The van der Waals surface area contributed by atoms with Crippen molar-refractivity contribution in [3.63, 3.8) is 0 Å². The molecule has 0 aromatic carbocycles. The number of pyridine rings is 1. The van der Waals surface area contributed by atoms with Gasteiger partial charge < -0.3 is 10.2 Å². The molecule has 0 spiro atoms. The predicted octanol–water partition coefficient (Wildman–Crippen LogP) is 0.969. The number of nitrogens with zero attached hydrogens (tertiary/aromatic N) is 4. The van der Waals surface area contributed by atoms with Crippen molar-refractivity contribution in [2.75, 3.05) is 46.3 Å². The summed E-state index contributed by atoms with van der Waals surface area (Å²) < 4.78 is 26.9. The first-order chi connectivity index (χ1) is 12.5. The summed E-state index contributed by atoms with van der Waals surface area (Å²) in [6, 6.07) is 3.68. The quantitative estimate of drug-likeness (QED) is 0.235. The van der Waals surface area contributed by atoms with Gasteiger partial charge in [-0.1, -0.05) is 13.8 Å². The molecule has 0 saturated carbocycles. The zero-order valence-electron chi connectivity index (χ0n) is 16.3. The maximum absolute atomic E-state index is 12.2. The second-order valence-corrected chi connectivity index (χ2v) is 7.94. The lowest BCUT2D eigenvalue weighted by atomic mass is 10.2. The van der Waals surface area contributed by atoms with Gasteiger partial charge in [0.1, 0.15) is 4.90 Å². The number of rotatable bonds is 8. The Morgan fingerprint density at radius 3 is 2.70 bits per heavy atom. The largest absolute Gasteiger partial charge is 0.355 e. The zero-order chi connectivity index (χ0) is 19.0. The molecule has 1 atom stereocenters. The highest BCUT2D eigenvalue weighted by Crippen LogP contribution is 2.15. The summed E-state index contributed by atoms with van der Waals surface area (Å²) in [4.78, 5) is 13.1. The molecular weight excluding hydrogens is 479 g/mol. The van der Waals surface area contributed by atoms with Crippen LogP contribution in [0.25, 0.3) is 0 Å². The zero-order valence-corrected chi connectivity index (χ0v) is 19.4. The number of likely N-dealkylation sites (tertiary alicyclic amines) is 1. The molecule has 0 amide bonds. The van der Waals surface area contributed by atoms with E-state index < -0.39 is 10.0 Å². The third-order valence-electron chi connectivity index (χ3n) is 4.65. The Balaban J connectivity index is 0.00000364. The Labute approximate surface area is 179 Å². The lowest BCUT2D eigenvalue weighted by Crippen LogP contribution is -2.45. The number of nitrogens with one attached hydrogen (secondary N) is 2. The molecule has 8 nitrogen and oxygen atoms in total.